The van der Waals surface area contributed by atoms with Crippen molar-refractivity contribution in [3.8, 4) is 17.5 Å². The summed E-state index contributed by atoms with van der Waals surface area (Å²) in [7, 11) is 4.61. The number of aromatic nitrogens is 4. The summed E-state index contributed by atoms with van der Waals surface area (Å²) < 4.78 is 29.4. The van der Waals surface area contributed by atoms with E-state index in [0.717, 1.165) is 23.6 Å². The molecule has 12 heteroatoms. The predicted octanol–water partition coefficient (Wildman–Crippen LogP) is 4.40. The van der Waals surface area contributed by atoms with E-state index in [-0.39, 0.29) is 6.42 Å². The van der Waals surface area contributed by atoms with E-state index in [1.54, 1.807) is 80.0 Å². The summed E-state index contributed by atoms with van der Waals surface area (Å²) in [6, 6.07) is 18.9. The molecule has 0 saturated carbocycles. The number of carbonyl (C=O) groups excluding carboxylic acids is 2. The number of hydrogen-bond donors (Lipinski definition) is 1. The van der Waals surface area contributed by atoms with E-state index < -0.39 is 11.8 Å². The van der Waals surface area contributed by atoms with E-state index >= 15 is 0 Å². The van der Waals surface area contributed by atoms with Crippen molar-refractivity contribution >= 4 is 40.6 Å². The molecule has 218 valence electrons. The Labute approximate surface area is 250 Å². The second-order valence-corrected chi connectivity index (χ2v) is 9.74. The van der Waals surface area contributed by atoms with Crippen molar-refractivity contribution < 1.29 is 33.6 Å². The Balaban J connectivity index is 0.000000314. The first-order valence-electron chi connectivity index (χ1n) is 12.9. The highest BCUT2D eigenvalue weighted by molar-refractivity contribution is 7.00. The normalized spacial score (nSPS) is 15.9. The predicted molar refractivity (Wildman–Crippen MR) is 158 cm³/mol. The highest BCUT2D eigenvalue weighted by atomic mass is 32.1. The van der Waals surface area contributed by atoms with Crippen molar-refractivity contribution in [2.75, 3.05) is 21.3 Å². The molecule has 6 rings (SSSR count). The molecule has 1 N–H and O–H groups in total. The van der Waals surface area contributed by atoms with Crippen LogP contribution in [-0.2, 0) is 21.7 Å². The van der Waals surface area contributed by atoms with Crippen LogP contribution in [0.4, 0.5) is 0 Å². The van der Waals surface area contributed by atoms with Gasteiger partial charge in [-0.2, -0.15) is 8.75 Å². The fourth-order valence-corrected chi connectivity index (χ4v) is 5.03. The van der Waals surface area contributed by atoms with E-state index in [0.29, 0.717) is 56.4 Å². The van der Waals surface area contributed by atoms with Crippen molar-refractivity contribution in [1.29, 1.82) is 0 Å². The van der Waals surface area contributed by atoms with Crippen LogP contribution in [0.15, 0.2) is 84.7 Å². The van der Waals surface area contributed by atoms with E-state index in [2.05, 4.69) is 18.7 Å². The van der Waals surface area contributed by atoms with Crippen molar-refractivity contribution in [3.05, 3.63) is 107 Å². The number of nitrogens with zero attached hydrogens (tertiary/aromatic N) is 4. The SMILES string of the molecule is COc1cc(C=O)ccn1.COc1ccc(C2=C(Cc3ccnc(OC)c3)C(O)(c3ccc4nsnc4c3)OC2=O)cc1. The maximum Gasteiger partial charge on any atom is 0.341 e. The highest BCUT2D eigenvalue weighted by Gasteiger charge is 2.48. The van der Waals surface area contributed by atoms with Crippen LogP contribution < -0.4 is 14.2 Å². The number of aliphatic hydroxyl groups is 1. The highest BCUT2D eigenvalue weighted by Crippen LogP contribution is 2.45. The number of esters is 1. The zero-order valence-electron chi connectivity index (χ0n) is 23.4. The minimum atomic E-state index is -1.97. The first kappa shape index (κ1) is 29.3. The third-order valence-electron chi connectivity index (χ3n) is 6.67. The van der Waals surface area contributed by atoms with Gasteiger partial charge in [-0.15, -0.1) is 0 Å². The summed E-state index contributed by atoms with van der Waals surface area (Å²) in [4.78, 5) is 31.3. The largest absolute Gasteiger partial charge is 0.497 e. The van der Waals surface area contributed by atoms with Gasteiger partial charge < -0.3 is 24.1 Å². The first-order valence-corrected chi connectivity index (χ1v) is 13.6. The molecule has 43 heavy (non-hydrogen) atoms. The topological polar surface area (TPSA) is 143 Å². The Morgan fingerprint density at radius 1 is 0.860 bits per heavy atom. The van der Waals surface area contributed by atoms with Crippen molar-refractivity contribution in [2.24, 2.45) is 0 Å². The number of fused-ring (bicyclic) bond motifs is 1. The fraction of sp³-hybridized carbons (Fsp3) is 0.161. The molecule has 0 amide bonds. The lowest BCUT2D eigenvalue weighted by Crippen LogP contribution is -2.29. The van der Waals surface area contributed by atoms with Gasteiger partial charge in [0.05, 0.1) is 38.6 Å². The van der Waals surface area contributed by atoms with Gasteiger partial charge in [0.15, 0.2) is 0 Å². The fourth-order valence-electron chi connectivity index (χ4n) is 4.51. The number of methoxy groups -OCH3 is 3. The van der Waals surface area contributed by atoms with Gasteiger partial charge in [0.2, 0.25) is 11.8 Å². The van der Waals surface area contributed by atoms with Crippen LogP contribution in [-0.4, -0.2) is 57.4 Å². The molecule has 4 heterocycles. The van der Waals surface area contributed by atoms with Crippen LogP contribution in [0.2, 0.25) is 0 Å². The number of pyridine rings is 2. The Morgan fingerprint density at radius 3 is 2.26 bits per heavy atom. The van der Waals surface area contributed by atoms with Crippen LogP contribution in [0.3, 0.4) is 0 Å². The lowest BCUT2D eigenvalue weighted by atomic mass is 9.88. The second-order valence-electron chi connectivity index (χ2n) is 9.22. The lowest BCUT2D eigenvalue weighted by Gasteiger charge is -2.25. The number of benzene rings is 2. The average molecular weight is 599 g/mol. The molecule has 0 saturated heterocycles. The van der Waals surface area contributed by atoms with Gasteiger partial charge >= 0.3 is 5.97 Å². The van der Waals surface area contributed by atoms with Crippen LogP contribution in [0.5, 0.6) is 17.5 Å². The standard InChI is InChI=1S/C24H19N3O5S.C7H7NO2/c1-30-17-6-3-15(4-7-17)22-18(11-14-9-10-25-21(12-14)31-2)24(29,32-23(22)28)16-5-8-19-20(13-16)27-33-26-19;1-10-7-4-6(5-9)2-3-8-7/h3-10,12-13,29H,11H2,1-2H3;2-5H,1H3. The minimum absolute atomic E-state index is 0.232. The maximum atomic E-state index is 13.1. The van der Waals surface area contributed by atoms with E-state index in [9.17, 15) is 14.7 Å². The molecule has 2 aromatic carbocycles. The Kier molecular flexibility index (Phi) is 8.69. The molecule has 0 spiro atoms. The Bertz CT molecular complexity index is 1810. The summed E-state index contributed by atoms with van der Waals surface area (Å²) in [5, 5.41) is 11.8. The van der Waals surface area contributed by atoms with Crippen molar-refractivity contribution in [3.63, 3.8) is 0 Å². The Hall–Kier alpha value is -5.20. The van der Waals surface area contributed by atoms with E-state index in [1.807, 2.05) is 0 Å². The molecule has 0 bridgehead atoms. The van der Waals surface area contributed by atoms with Gasteiger partial charge in [-0.1, -0.05) is 12.1 Å². The molecule has 0 aliphatic carbocycles. The number of carbonyl (C=O) groups is 2. The van der Waals surface area contributed by atoms with E-state index in [4.69, 9.17) is 18.9 Å². The molecule has 11 nitrogen and oxygen atoms in total. The molecule has 1 atom stereocenters. The molecular formula is C31H26N4O7S. The third-order valence-corrected chi connectivity index (χ3v) is 7.23. The molecule has 0 radical (unpaired) electrons. The summed E-state index contributed by atoms with van der Waals surface area (Å²) in [5.41, 5.74) is 4.42. The zero-order chi connectivity index (χ0) is 30.4. The summed E-state index contributed by atoms with van der Waals surface area (Å²) >= 11 is 1.08. The lowest BCUT2D eigenvalue weighted by molar-refractivity contribution is -0.185. The van der Waals surface area contributed by atoms with Gasteiger partial charge in [-0.25, -0.2) is 14.8 Å². The van der Waals surface area contributed by atoms with Gasteiger partial charge in [0.1, 0.15) is 23.1 Å². The summed E-state index contributed by atoms with van der Waals surface area (Å²) in [6.45, 7) is 0. The Morgan fingerprint density at radius 2 is 1.56 bits per heavy atom. The second kappa shape index (κ2) is 12.8. The van der Waals surface area contributed by atoms with Crippen molar-refractivity contribution in [2.45, 2.75) is 12.2 Å². The molecule has 1 aliphatic heterocycles. The average Bonchev–Trinajstić information content (AvgIpc) is 3.63. The van der Waals surface area contributed by atoms with Gasteiger partial charge in [0.25, 0.3) is 5.79 Å². The minimum Gasteiger partial charge on any atom is -0.497 e. The summed E-state index contributed by atoms with van der Waals surface area (Å²) in [6.07, 6.45) is 4.13. The number of cyclic esters (lactones) is 1. The summed E-state index contributed by atoms with van der Waals surface area (Å²) in [5.74, 6) is -1.04. The molecular weight excluding hydrogens is 572 g/mol. The van der Waals surface area contributed by atoms with Gasteiger partial charge in [0, 0.05) is 47.6 Å². The molecule has 1 unspecified atom stereocenters. The number of ether oxygens (including phenoxy) is 4. The molecule has 1 aliphatic rings. The number of aldehydes is 1. The van der Waals surface area contributed by atoms with Crippen LogP contribution >= 0.6 is 11.7 Å². The molecule has 0 fully saturated rings. The van der Waals surface area contributed by atoms with E-state index in [1.165, 1.54) is 20.4 Å². The number of hydrogen-bond acceptors (Lipinski definition) is 12. The van der Waals surface area contributed by atoms with Crippen LogP contribution in [0.25, 0.3) is 16.6 Å². The molecule has 3 aromatic heterocycles. The van der Waals surface area contributed by atoms with Crippen LogP contribution in [0, 0.1) is 0 Å². The number of rotatable bonds is 8. The monoisotopic (exact) mass is 598 g/mol. The van der Waals surface area contributed by atoms with Gasteiger partial charge in [-0.3, -0.25) is 4.79 Å². The smallest absolute Gasteiger partial charge is 0.341 e. The zero-order valence-corrected chi connectivity index (χ0v) is 24.2. The maximum absolute atomic E-state index is 13.1. The van der Waals surface area contributed by atoms with Gasteiger partial charge in [-0.05, 0) is 53.6 Å². The van der Waals surface area contributed by atoms with Crippen molar-refractivity contribution in [1.82, 2.24) is 18.7 Å². The quantitative estimate of drug-likeness (QED) is 0.200. The van der Waals surface area contributed by atoms with Crippen LogP contribution in [0.1, 0.15) is 27.0 Å². The first-order chi connectivity index (χ1) is 20.9. The molecule has 5 aromatic rings. The third kappa shape index (κ3) is 6.20.